The number of nitrogens with zero attached hydrogens (tertiary/aromatic N) is 3. The summed E-state index contributed by atoms with van der Waals surface area (Å²) in [6.07, 6.45) is -10.6. The van der Waals surface area contributed by atoms with Crippen molar-refractivity contribution in [2.45, 2.75) is 12.5 Å². The number of nitro groups is 1. The van der Waals surface area contributed by atoms with Crippen LogP contribution in [-0.4, -0.2) is 21.0 Å². The van der Waals surface area contributed by atoms with Crippen LogP contribution in [0, 0.1) is 21.7 Å². The molecule has 0 fully saturated rings. The van der Waals surface area contributed by atoms with Crippen molar-refractivity contribution in [1.29, 1.82) is 0 Å². The highest BCUT2D eigenvalue weighted by atomic mass is 19.4. The van der Waals surface area contributed by atoms with Crippen LogP contribution in [0.5, 0.6) is 0 Å². The Morgan fingerprint density at radius 2 is 1.55 bits per heavy atom. The van der Waals surface area contributed by atoms with Crippen LogP contribution in [0.2, 0.25) is 0 Å². The molecule has 3 rings (SSSR count). The van der Waals surface area contributed by atoms with E-state index in [0.717, 1.165) is 0 Å². The molecule has 2 aromatic carbocycles. The van der Waals surface area contributed by atoms with Gasteiger partial charge in [0.2, 0.25) is 0 Å². The maximum atomic E-state index is 13.5. The molecule has 0 spiro atoms. The second-order valence-corrected chi connectivity index (χ2v) is 5.54. The molecular formula is C15H5F8N3O3. The van der Waals surface area contributed by atoms with E-state index < -0.39 is 62.8 Å². The number of nitro benzene ring substituents is 1. The first-order chi connectivity index (χ1) is 13.3. The predicted octanol–water partition coefficient (Wildman–Crippen LogP) is 4.86. The Morgan fingerprint density at radius 1 is 0.966 bits per heavy atom. The summed E-state index contributed by atoms with van der Waals surface area (Å²) in [6, 6.07) is 1.64. The van der Waals surface area contributed by atoms with Crippen LogP contribution in [0.15, 0.2) is 30.3 Å². The summed E-state index contributed by atoms with van der Waals surface area (Å²) < 4.78 is 104. The minimum absolute atomic E-state index is 0.0726. The first-order valence-electron chi connectivity index (χ1n) is 7.27. The molecule has 0 unspecified atom stereocenters. The molecule has 0 aliphatic heterocycles. The first-order valence-corrected chi connectivity index (χ1v) is 7.27. The van der Waals surface area contributed by atoms with Gasteiger partial charge in [-0.15, -0.1) is 13.2 Å². The van der Waals surface area contributed by atoms with Crippen LogP contribution >= 0.6 is 0 Å². The lowest BCUT2D eigenvalue weighted by molar-refractivity contribution is -0.383. The largest absolute Gasteiger partial charge is 0.591 e. The average Bonchev–Trinajstić information content (AvgIpc) is 2.89. The zero-order chi connectivity index (χ0) is 21.7. The minimum Gasteiger partial charge on any atom is -0.311 e. The molecule has 29 heavy (non-hydrogen) atoms. The maximum Gasteiger partial charge on any atom is 0.591 e. The molecule has 0 aliphatic carbocycles. The molecule has 14 heteroatoms. The molecular weight excluding hydrogens is 422 g/mol. The van der Waals surface area contributed by atoms with E-state index in [2.05, 4.69) is 9.82 Å². The van der Waals surface area contributed by atoms with E-state index in [1.807, 2.05) is 0 Å². The van der Waals surface area contributed by atoms with Gasteiger partial charge in [-0.25, -0.2) is 13.8 Å². The highest BCUT2D eigenvalue weighted by molar-refractivity contribution is 5.89. The van der Waals surface area contributed by atoms with E-state index in [0.29, 0.717) is 18.2 Å². The Hall–Kier alpha value is -3.45. The highest BCUT2D eigenvalue weighted by Gasteiger charge is 2.38. The third-order valence-electron chi connectivity index (χ3n) is 3.54. The van der Waals surface area contributed by atoms with Gasteiger partial charge in [0.05, 0.1) is 10.5 Å². The van der Waals surface area contributed by atoms with Gasteiger partial charge < -0.3 is 4.84 Å². The minimum atomic E-state index is -5.47. The third-order valence-corrected chi connectivity index (χ3v) is 3.54. The molecule has 6 nitrogen and oxygen atoms in total. The third kappa shape index (κ3) is 4.05. The van der Waals surface area contributed by atoms with Gasteiger partial charge in [-0.05, 0) is 18.2 Å². The van der Waals surface area contributed by atoms with Crippen molar-refractivity contribution in [3.05, 3.63) is 57.6 Å². The zero-order valence-electron chi connectivity index (χ0n) is 13.5. The molecule has 1 aromatic heterocycles. The molecule has 1 heterocycles. The molecule has 3 aromatic rings. The van der Waals surface area contributed by atoms with Crippen LogP contribution in [0.4, 0.5) is 40.8 Å². The molecule has 0 saturated heterocycles. The van der Waals surface area contributed by atoms with E-state index in [4.69, 9.17) is 0 Å². The Bertz CT molecular complexity index is 1100. The second kappa shape index (κ2) is 6.56. The number of imidazole rings is 1. The fourth-order valence-corrected chi connectivity index (χ4v) is 2.50. The van der Waals surface area contributed by atoms with E-state index in [1.165, 1.54) is 0 Å². The average molecular weight is 427 g/mol. The Morgan fingerprint density at radius 3 is 2.03 bits per heavy atom. The zero-order valence-corrected chi connectivity index (χ0v) is 13.5. The van der Waals surface area contributed by atoms with Crippen LogP contribution in [-0.2, 0) is 6.18 Å². The number of hydrogen-bond acceptors (Lipinski definition) is 4. The molecule has 0 N–H and O–H groups in total. The van der Waals surface area contributed by atoms with Gasteiger partial charge >= 0.3 is 12.5 Å². The van der Waals surface area contributed by atoms with Gasteiger partial charge in [0.25, 0.3) is 5.69 Å². The summed E-state index contributed by atoms with van der Waals surface area (Å²) in [5, 5.41) is 11.2. The van der Waals surface area contributed by atoms with Crippen LogP contribution in [0.25, 0.3) is 22.4 Å². The Kier molecular flexibility index (Phi) is 4.59. The lowest BCUT2D eigenvalue weighted by Gasteiger charge is -2.13. The Balaban J connectivity index is 2.43. The number of aromatic nitrogens is 2. The first kappa shape index (κ1) is 20.3. The van der Waals surface area contributed by atoms with E-state index in [-0.39, 0.29) is 16.9 Å². The van der Waals surface area contributed by atoms with Gasteiger partial charge in [-0.2, -0.15) is 17.9 Å². The summed E-state index contributed by atoms with van der Waals surface area (Å²) in [5.74, 6) is -3.48. The lowest BCUT2D eigenvalue weighted by atomic mass is 10.1. The van der Waals surface area contributed by atoms with Crippen LogP contribution in [0.1, 0.15) is 5.56 Å². The molecule has 0 aliphatic rings. The fourth-order valence-electron chi connectivity index (χ4n) is 2.50. The fraction of sp³-hybridized carbons (Fsp3) is 0.133. The van der Waals surface area contributed by atoms with E-state index in [9.17, 15) is 45.2 Å². The molecule has 0 amide bonds. The Labute approximate surface area is 154 Å². The number of hydrogen-bond donors (Lipinski definition) is 0. The normalized spacial score (nSPS) is 12.4. The number of rotatable bonds is 3. The molecule has 154 valence electrons. The van der Waals surface area contributed by atoms with Crippen molar-refractivity contribution in [2.75, 3.05) is 0 Å². The van der Waals surface area contributed by atoms with Crippen molar-refractivity contribution in [2.24, 2.45) is 0 Å². The number of halogens is 8. The topological polar surface area (TPSA) is 70.2 Å². The van der Waals surface area contributed by atoms with E-state index >= 15 is 0 Å². The van der Waals surface area contributed by atoms with Gasteiger partial charge in [0.15, 0.2) is 11.3 Å². The number of alkyl halides is 6. The summed E-state index contributed by atoms with van der Waals surface area (Å²) in [7, 11) is 0. The SMILES string of the molecule is O=[N+]([O-])c1cc(C(F)(F)F)cc2c1nc(-c1cc(F)cc(F)c1)n2OC(F)(F)F. The molecule has 0 atom stereocenters. The van der Waals surface area contributed by atoms with Crippen molar-refractivity contribution in [1.82, 2.24) is 9.71 Å². The van der Waals surface area contributed by atoms with Crippen molar-refractivity contribution >= 4 is 16.7 Å². The summed E-state index contributed by atoms with van der Waals surface area (Å²) >= 11 is 0. The smallest absolute Gasteiger partial charge is 0.311 e. The van der Waals surface area contributed by atoms with Crippen LogP contribution < -0.4 is 4.84 Å². The quantitative estimate of drug-likeness (QED) is 0.340. The van der Waals surface area contributed by atoms with Gasteiger partial charge in [-0.1, -0.05) is 0 Å². The predicted molar refractivity (Wildman–Crippen MR) is 79.4 cm³/mol. The lowest BCUT2D eigenvalue weighted by Crippen LogP contribution is -2.27. The molecule has 0 saturated carbocycles. The van der Waals surface area contributed by atoms with E-state index in [1.54, 1.807) is 0 Å². The van der Waals surface area contributed by atoms with Gasteiger partial charge in [-0.3, -0.25) is 10.1 Å². The maximum absolute atomic E-state index is 13.5. The highest BCUT2D eigenvalue weighted by Crippen LogP contribution is 2.38. The molecule has 0 radical (unpaired) electrons. The van der Waals surface area contributed by atoms with Crippen molar-refractivity contribution < 1.29 is 44.9 Å². The van der Waals surface area contributed by atoms with Crippen LogP contribution in [0.3, 0.4) is 0 Å². The second-order valence-electron chi connectivity index (χ2n) is 5.54. The van der Waals surface area contributed by atoms with Gasteiger partial charge in [0, 0.05) is 17.7 Å². The summed E-state index contributed by atoms with van der Waals surface area (Å²) in [6.45, 7) is 0. The number of fused-ring (bicyclic) bond motifs is 1. The van der Waals surface area contributed by atoms with Crippen molar-refractivity contribution in [3.8, 4) is 11.4 Å². The standard InChI is InChI=1S/C15H5F8N3O3/c16-8-1-6(2-9(17)5-8)13-24-12-10(25(13)29-15(21,22)23)3-7(14(18,19)20)4-11(12)26(27)28/h1-5H. The summed E-state index contributed by atoms with van der Waals surface area (Å²) in [5.41, 5.74) is -5.58. The molecule has 0 bridgehead atoms. The van der Waals surface area contributed by atoms with Crippen molar-refractivity contribution in [3.63, 3.8) is 0 Å². The number of benzene rings is 2. The van der Waals surface area contributed by atoms with Gasteiger partial charge in [0.1, 0.15) is 17.2 Å². The monoisotopic (exact) mass is 427 g/mol. The summed E-state index contributed by atoms with van der Waals surface area (Å²) in [4.78, 5) is 17.0. The number of non-ortho nitro benzene ring substituents is 1.